The van der Waals surface area contributed by atoms with E-state index < -0.39 is 6.04 Å². The predicted octanol–water partition coefficient (Wildman–Crippen LogP) is 3.68. The molecule has 0 saturated carbocycles. The number of aromatic amines is 1. The zero-order valence-corrected chi connectivity index (χ0v) is 21.8. The Balaban J connectivity index is 1.57. The zero-order valence-electron chi connectivity index (χ0n) is 21.8. The van der Waals surface area contributed by atoms with E-state index in [4.69, 9.17) is 4.74 Å². The smallest absolute Gasteiger partial charge is 0.309 e. The van der Waals surface area contributed by atoms with Crippen LogP contribution in [0.25, 0.3) is 10.9 Å². The number of carbonyl (C=O) groups excluding carboxylic acids is 1. The van der Waals surface area contributed by atoms with Crippen molar-refractivity contribution in [3.8, 4) is 0 Å². The number of fused-ring (bicyclic) bond motifs is 1. The van der Waals surface area contributed by atoms with Crippen molar-refractivity contribution in [3.63, 3.8) is 0 Å². The van der Waals surface area contributed by atoms with Crippen molar-refractivity contribution in [3.05, 3.63) is 86.7 Å². The summed E-state index contributed by atoms with van der Waals surface area (Å²) in [7, 11) is 0. The summed E-state index contributed by atoms with van der Waals surface area (Å²) in [5.74, 6) is -0.165. The van der Waals surface area contributed by atoms with Gasteiger partial charge in [-0.15, -0.1) is 5.10 Å². The van der Waals surface area contributed by atoms with Crippen LogP contribution in [0.4, 0.5) is 4.39 Å². The number of halogens is 1. The van der Waals surface area contributed by atoms with Crippen molar-refractivity contribution in [2.24, 2.45) is 5.92 Å². The number of esters is 1. The third-order valence-corrected chi connectivity index (χ3v) is 7.33. The molecule has 1 N–H and O–H groups in total. The summed E-state index contributed by atoms with van der Waals surface area (Å²) in [5, 5.41) is 13.5. The first-order valence-corrected chi connectivity index (χ1v) is 12.9. The van der Waals surface area contributed by atoms with Gasteiger partial charge in [-0.25, -0.2) is 9.07 Å². The summed E-state index contributed by atoms with van der Waals surface area (Å²) in [6.45, 7) is 7.61. The van der Waals surface area contributed by atoms with Crippen LogP contribution in [0, 0.1) is 25.6 Å². The third-order valence-electron chi connectivity index (χ3n) is 7.33. The van der Waals surface area contributed by atoms with Crippen LogP contribution in [0.15, 0.2) is 47.3 Å². The van der Waals surface area contributed by atoms with Gasteiger partial charge in [-0.3, -0.25) is 14.5 Å². The number of hydrogen-bond donors (Lipinski definition) is 1. The summed E-state index contributed by atoms with van der Waals surface area (Å²) in [5.41, 5.74) is 4.01. The van der Waals surface area contributed by atoms with Crippen LogP contribution in [0.2, 0.25) is 0 Å². The number of piperidine rings is 1. The first-order chi connectivity index (χ1) is 18.4. The lowest BCUT2D eigenvalue weighted by atomic mass is 9.93. The fourth-order valence-corrected chi connectivity index (χ4v) is 5.23. The van der Waals surface area contributed by atoms with Gasteiger partial charge in [0.15, 0.2) is 5.82 Å². The second-order valence-electron chi connectivity index (χ2n) is 9.83. The van der Waals surface area contributed by atoms with Crippen molar-refractivity contribution in [1.29, 1.82) is 0 Å². The SMILES string of the molecule is CCOC(=O)C1CCN(C(c2cc3c(C)ccc(C)c3[nH]c2=O)c2nnnn2Cc2ccc(F)cc2)CC1. The molecule has 1 aliphatic heterocycles. The number of hydrogen-bond acceptors (Lipinski definition) is 7. The predicted molar refractivity (Wildman–Crippen MR) is 140 cm³/mol. The number of rotatable bonds is 7. The molecule has 1 unspecified atom stereocenters. The Kier molecular flexibility index (Phi) is 7.33. The highest BCUT2D eigenvalue weighted by Gasteiger charge is 2.35. The maximum absolute atomic E-state index is 13.6. The maximum atomic E-state index is 13.6. The lowest BCUT2D eigenvalue weighted by Crippen LogP contribution is -2.42. The number of carbonyl (C=O) groups is 1. The molecule has 2 aromatic heterocycles. The van der Waals surface area contributed by atoms with Crippen molar-refractivity contribution in [2.75, 3.05) is 19.7 Å². The summed E-state index contributed by atoms with van der Waals surface area (Å²) in [6.07, 6.45) is 1.22. The van der Waals surface area contributed by atoms with Gasteiger partial charge in [-0.1, -0.05) is 24.3 Å². The molecule has 5 rings (SSSR count). The molecule has 4 aromatic rings. The lowest BCUT2D eigenvalue weighted by Gasteiger charge is -2.36. The van der Waals surface area contributed by atoms with Gasteiger partial charge >= 0.3 is 5.97 Å². The average Bonchev–Trinajstić information content (AvgIpc) is 3.36. The third kappa shape index (κ3) is 5.08. The molecule has 198 valence electrons. The Morgan fingerprint density at radius 3 is 2.55 bits per heavy atom. The highest BCUT2D eigenvalue weighted by Crippen LogP contribution is 2.32. The summed E-state index contributed by atoms with van der Waals surface area (Å²) >= 11 is 0. The number of nitrogens with zero attached hydrogens (tertiary/aromatic N) is 5. The Labute approximate surface area is 219 Å². The number of H-pyrrole nitrogens is 1. The van der Waals surface area contributed by atoms with E-state index in [0.29, 0.717) is 50.5 Å². The second-order valence-corrected chi connectivity index (χ2v) is 9.83. The van der Waals surface area contributed by atoms with Crippen molar-refractivity contribution < 1.29 is 13.9 Å². The van der Waals surface area contributed by atoms with Gasteiger partial charge in [0.1, 0.15) is 11.9 Å². The molecule has 3 heterocycles. The van der Waals surface area contributed by atoms with Crippen LogP contribution >= 0.6 is 0 Å². The van der Waals surface area contributed by atoms with Crippen LogP contribution in [0.3, 0.4) is 0 Å². The largest absolute Gasteiger partial charge is 0.466 e. The topological polar surface area (TPSA) is 106 Å². The molecule has 0 spiro atoms. The molecule has 1 saturated heterocycles. The molecule has 10 heteroatoms. The highest BCUT2D eigenvalue weighted by atomic mass is 19.1. The number of pyridine rings is 1. The molecule has 1 atom stereocenters. The normalized spacial score (nSPS) is 15.6. The van der Waals surface area contributed by atoms with Crippen molar-refractivity contribution in [1.82, 2.24) is 30.1 Å². The summed E-state index contributed by atoms with van der Waals surface area (Å²) in [4.78, 5) is 31.2. The minimum atomic E-state index is -0.540. The maximum Gasteiger partial charge on any atom is 0.309 e. The second kappa shape index (κ2) is 10.8. The van der Waals surface area contributed by atoms with Crippen molar-refractivity contribution in [2.45, 2.75) is 46.2 Å². The van der Waals surface area contributed by atoms with Crippen molar-refractivity contribution >= 4 is 16.9 Å². The number of aromatic nitrogens is 5. The van der Waals surface area contributed by atoms with Gasteiger partial charge in [-0.2, -0.15) is 0 Å². The minimum absolute atomic E-state index is 0.179. The van der Waals surface area contributed by atoms with E-state index in [0.717, 1.165) is 27.6 Å². The van der Waals surface area contributed by atoms with Gasteiger partial charge < -0.3 is 9.72 Å². The number of tetrazole rings is 1. The molecule has 1 fully saturated rings. The highest BCUT2D eigenvalue weighted by molar-refractivity contribution is 5.85. The molecule has 38 heavy (non-hydrogen) atoms. The van der Waals surface area contributed by atoms with Gasteiger partial charge in [0.2, 0.25) is 0 Å². The summed E-state index contributed by atoms with van der Waals surface area (Å²) < 4.78 is 20.4. The Bertz CT molecular complexity index is 1510. The summed E-state index contributed by atoms with van der Waals surface area (Å²) in [6, 6.07) is 11.6. The average molecular weight is 519 g/mol. The van der Waals surface area contributed by atoms with E-state index in [-0.39, 0.29) is 23.3 Å². The van der Waals surface area contributed by atoms with E-state index in [9.17, 15) is 14.0 Å². The monoisotopic (exact) mass is 518 g/mol. The number of benzene rings is 2. The van der Waals surface area contributed by atoms with E-state index in [1.54, 1.807) is 23.7 Å². The number of nitrogens with one attached hydrogen (secondary N) is 1. The van der Waals surface area contributed by atoms with Crippen LogP contribution in [0.5, 0.6) is 0 Å². The van der Waals surface area contributed by atoms with E-state index in [1.807, 2.05) is 32.0 Å². The molecular formula is C28H31FN6O3. The lowest BCUT2D eigenvalue weighted by molar-refractivity contribution is -0.149. The van der Waals surface area contributed by atoms with Crippen LogP contribution in [0.1, 0.15) is 53.9 Å². The first-order valence-electron chi connectivity index (χ1n) is 12.9. The van der Waals surface area contributed by atoms with E-state index >= 15 is 0 Å². The van der Waals surface area contributed by atoms with Gasteiger partial charge in [0.05, 0.1) is 24.6 Å². The van der Waals surface area contributed by atoms with Gasteiger partial charge in [0, 0.05) is 24.0 Å². The molecule has 0 bridgehead atoms. The van der Waals surface area contributed by atoms with E-state index in [1.165, 1.54) is 12.1 Å². The Morgan fingerprint density at radius 2 is 1.84 bits per heavy atom. The minimum Gasteiger partial charge on any atom is -0.466 e. The molecule has 2 aromatic carbocycles. The fourth-order valence-electron chi connectivity index (χ4n) is 5.23. The Hall–Kier alpha value is -3.92. The van der Waals surface area contributed by atoms with Gasteiger partial charge in [0.25, 0.3) is 5.56 Å². The quantitative estimate of drug-likeness (QED) is 0.372. The van der Waals surface area contributed by atoms with E-state index in [2.05, 4.69) is 25.4 Å². The molecule has 9 nitrogen and oxygen atoms in total. The molecule has 1 aliphatic rings. The van der Waals surface area contributed by atoms with Gasteiger partial charge in [-0.05, 0) is 78.9 Å². The number of ether oxygens (including phenoxy) is 1. The Morgan fingerprint density at radius 1 is 1.13 bits per heavy atom. The van der Waals surface area contributed by atoms with Crippen LogP contribution in [-0.4, -0.2) is 55.8 Å². The fraction of sp³-hybridized carbons (Fsp3) is 0.393. The number of aryl methyl sites for hydroxylation is 2. The zero-order chi connectivity index (χ0) is 26.8. The standard InChI is InChI=1S/C28H31FN6O3/c1-4-38-28(37)20-11-13-34(14-12-20)25(23-15-22-17(2)5-6-18(3)24(22)30-27(23)36)26-31-32-33-35(26)16-19-7-9-21(29)10-8-19/h5-10,15,20,25H,4,11-14,16H2,1-3H3,(H,30,36). The molecule has 0 radical (unpaired) electrons. The number of likely N-dealkylation sites (tertiary alicyclic amines) is 1. The molecule has 0 amide bonds. The molecular weight excluding hydrogens is 487 g/mol. The molecule has 0 aliphatic carbocycles. The van der Waals surface area contributed by atoms with Crippen LogP contribution < -0.4 is 5.56 Å². The first kappa shape index (κ1) is 25.7. The van der Waals surface area contributed by atoms with Crippen LogP contribution in [-0.2, 0) is 16.1 Å².